The summed E-state index contributed by atoms with van der Waals surface area (Å²) in [5.74, 6) is 0.492. The Bertz CT molecular complexity index is 334. The van der Waals surface area contributed by atoms with Crippen LogP contribution < -0.4 is 10.1 Å². The highest BCUT2D eigenvalue weighted by Gasteiger charge is 2.27. The van der Waals surface area contributed by atoms with Gasteiger partial charge in [0.15, 0.2) is 0 Å². The molecule has 17 heavy (non-hydrogen) atoms. The fourth-order valence-electron chi connectivity index (χ4n) is 1.27. The van der Waals surface area contributed by atoms with Gasteiger partial charge in [-0.2, -0.15) is 0 Å². The standard InChI is InChI=1S/C11H18N2O4/c1-17-10-4-2-3-9(13-10)5-12-11(6-14,7-15)8-16/h2-4,12,14-16H,5-8H2,1H3. The first-order valence-electron chi connectivity index (χ1n) is 5.27. The third kappa shape index (κ3) is 3.64. The lowest BCUT2D eigenvalue weighted by Gasteiger charge is -2.28. The molecule has 0 aliphatic rings. The van der Waals surface area contributed by atoms with E-state index in [1.807, 2.05) is 0 Å². The van der Waals surface area contributed by atoms with Crippen molar-refractivity contribution in [1.29, 1.82) is 0 Å². The molecule has 0 saturated carbocycles. The minimum absolute atomic E-state index is 0.318. The van der Waals surface area contributed by atoms with Crippen molar-refractivity contribution in [1.82, 2.24) is 10.3 Å². The second-order valence-electron chi connectivity index (χ2n) is 3.78. The summed E-state index contributed by atoms with van der Waals surface area (Å²) in [6, 6.07) is 5.30. The SMILES string of the molecule is COc1cccc(CNC(CO)(CO)CO)n1. The molecule has 0 unspecified atom stereocenters. The topological polar surface area (TPSA) is 94.8 Å². The lowest BCUT2D eigenvalue weighted by Crippen LogP contribution is -2.54. The van der Waals surface area contributed by atoms with Crippen LogP contribution in [-0.4, -0.2) is 52.8 Å². The molecule has 4 N–H and O–H groups in total. The van der Waals surface area contributed by atoms with E-state index in [1.165, 1.54) is 7.11 Å². The zero-order chi connectivity index (χ0) is 12.7. The Labute approximate surface area is 99.9 Å². The smallest absolute Gasteiger partial charge is 0.213 e. The molecular formula is C11H18N2O4. The first-order valence-corrected chi connectivity index (χ1v) is 5.27. The van der Waals surface area contributed by atoms with Crippen LogP contribution in [0, 0.1) is 0 Å². The fraction of sp³-hybridized carbons (Fsp3) is 0.545. The maximum atomic E-state index is 9.13. The molecule has 1 heterocycles. The van der Waals surface area contributed by atoms with Crippen molar-refractivity contribution in [2.24, 2.45) is 0 Å². The molecular weight excluding hydrogens is 224 g/mol. The zero-order valence-electron chi connectivity index (χ0n) is 9.76. The van der Waals surface area contributed by atoms with E-state index in [2.05, 4.69) is 10.3 Å². The molecule has 1 rings (SSSR count). The van der Waals surface area contributed by atoms with Crippen LogP contribution in [0.2, 0.25) is 0 Å². The number of ether oxygens (including phenoxy) is 1. The van der Waals surface area contributed by atoms with Gasteiger partial charge < -0.3 is 20.1 Å². The van der Waals surface area contributed by atoms with Crippen LogP contribution in [-0.2, 0) is 6.54 Å². The molecule has 0 saturated heterocycles. The second kappa shape index (κ2) is 6.51. The Morgan fingerprint density at radius 2 is 1.88 bits per heavy atom. The Morgan fingerprint density at radius 1 is 1.24 bits per heavy atom. The van der Waals surface area contributed by atoms with Crippen LogP contribution >= 0.6 is 0 Å². The Balaban J connectivity index is 2.65. The van der Waals surface area contributed by atoms with Crippen LogP contribution in [0.5, 0.6) is 5.88 Å². The highest BCUT2D eigenvalue weighted by molar-refractivity contribution is 5.15. The van der Waals surface area contributed by atoms with Crippen molar-refractivity contribution in [3.8, 4) is 5.88 Å². The van der Waals surface area contributed by atoms with Gasteiger partial charge in [0.2, 0.25) is 5.88 Å². The summed E-state index contributed by atoms with van der Waals surface area (Å²) in [5.41, 5.74) is -0.394. The summed E-state index contributed by atoms with van der Waals surface area (Å²) in [5, 5.41) is 30.3. The average molecular weight is 242 g/mol. The second-order valence-corrected chi connectivity index (χ2v) is 3.78. The van der Waals surface area contributed by atoms with Gasteiger partial charge in [0, 0.05) is 12.6 Å². The van der Waals surface area contributed by atoms with Crippen molar-refractivity contribution < 1.29 is 20.1 Å². The van der Waals surface area contributed by atoms with E-state index in [0.717, 1.165) is 0 Å². The van der Waals surface area contributed by atoms with Gasteiger partial charge in [-0.1, -0.05) is 6.07 Å². The number of hydrogen-bond donors (Lipinski definition) is 4. The number of aromatic nitrogens is 1. The van der Waals surface area contributed by atoms with Gasteiger partial charge in [0.25, 0.3) is 0 Å². The summed E-state index contributed by atoms with van der Waals surface area (Å²) < 4.78 is 4.98. The molecule has 0 fully saturated rings. The summed E-state index contributed by atoms with van der Waals surface area (Å²) in [6.45, 7) is -0.753. The van der Waals surface area contributed by atoms with Gasteiger partial charge in [-0.05, 0) is 6.07 Å². The largest absolute Gasteiger partial charge is 0.481 e. The van der Waals surface area contributed by atoms with Gasteiger partial charge in [0.05, 0.1) is 38.2 Å². The third-order valence-electron chi connectivity index (χ3n) is 2.54. The van der Waals surface area contributed by atoms with Crippen LogP contribution in [0.15, 0.2) is 18.2 Å². The Morgan fingerprint density at radius 3 is 2.41 bits per heavy atom. The van der Waals surface area contributed by atoms with E-state index in [0.29, 0.717) is 18.1 Å². The van der Waals surface area contributed by atoms with Crippen molar-refractivity contribution >= 4 is 0 Å². The number of aliphatic hydroxyl groups excluding tert-OH is 3. The normalized spacial score (nSPS) is 11.5. The van der Waals surface area contributed by atoms with Crippen molar-refractivity contribution in [3.05, 3.63) is 23.9 Å². The number of rotatable bonds is 7. The molecule has 0 aliphatic carbocycles. The van der Waals surface area contributed by atoms with Crippen molar-refractivity contribution in [2.75, 3.05) is 26.9 Å². The lowest BCUT2D eigenvalue weighted by molar-refractivity contribution is 0.0411. The van der Waals surface area contributed by atoms with Crippen molar-refractivity contribution in [3.63, 3.8) is 0 Å². The van der Waals surface area contributed by atoms with E-state index >= 15 is 0 Å². The monoisotopic (exact) mass is 242 g/mol. The summed E-state index contributed by atoms with van der Waals surface area (Å²) in [7, 11) is 1.53. The fourth-order valence-corrected chi connectivity index (χ4v) is 1.27. The molecule has 0 atom stereocenters. The minimum Gasteiger partial charge on any atom is -0.481 e. The molecule has 0 aliphatic heterocycles. The van der Waals surface area contributed by atoms with Gasteiger partial charge in [-0.3, -0.25) is 5.32 Å². The van der Waals surface area contributed by atoms with Crippen LogP contribution in [0.25, 0.3) is 0 Å². The molecule has 6 heteroatoms. The number of aliphatic hydroxyl groups is 3. The average Bonchev–Trinajstić information content (AvgIpc) is 2.41. The predicted molar refractivity (Wildman–Crippen MR) is 61.6 cm³/mol. The van der Waals surface area contributed by atoms with Crippen LogP contribution in [0.3, 0.4) is 0 Å². The number of nitrogens with one attached hydrogen (secondary N) is 1. The maximum Gasteiger partial charge on any atom is 0.213 e. The highest BCUT2D eigenvalue weighted by atomic mass is 16.5. The molecule has 0 spiro atoms. The predicted octanol–water partition coefficient (Wildman–Crippen LogP) is -1.10. The van der Waals surface area contributed by atoms with Gasteiger partial charge in [-0.25, -0.2) is 4.98 Å². The number of nitrogens with zero attached hydrogens (tertiary/aromatic N) is 1. The Kier molecular flexibility index (Phi) is 5.30. The van der Waals surface area contributed by atoms with Gasteiger partial charge in [-0.15, -0.1) is 0 Å². The van der Waals surface area contributed by atoms with Gasteiger partial charge in [0.1, 0.15) is 0 Å². The molecule has 1 aromatic heterocycles. The minimum atomic E-state index is -1.09. The lowest BCUT2D eigenvalue weighted by atomic mass is 10.0. The van der Waals surface area contributed by atoms with Crippen molar-refractivity contribution in [2.45, 2.75) is 12.1 Å². The molecule has 0 bridgehead atoms. The van der Waals surface area contributed by atoms with Crippen LogP contribution in [0.1, 0.15) is 5.69 Å². The van der Waals surface area contributed by atoms with E-state index in [1.54, 1.807) is 18.2 Å². The van der Waals surface area contributed by atoms with Crippen LogP contribution in [0.4, 0.5) is 0 Å². The maximum absolute atomic E-state index is 9.13. The summed E-state index contributed by atoms with van der Waals surface area (Å²) in [4.78, 5) is 4.17. The van der Waals surface area contributed by atoms with E-state index in [9.17, 15) is 0 Å². The van der Waals surface area contributed by atoms with E-state index in [-0.39, 0.29) is 19.8 Å². The number of pyridine rings is 1. The molecule has 0 amide bonds. The summed E-state index contributed by atoms with van der Waals surface area (Å²) in [6.07, 6.45) is 0. The first-order chi connectivity index (χ1) is 8.19. The van der Waals surface area contributed by atoms with Gasteiger partial charge >= 0.3 is 0 Å². The molecule has 0 radical (unpaired) electrons. The number of methoxy groups -OCH3 is 1. The van der Waals surface area contributed by atoms with E-state index in [4.69, 9.17) is 20.1 Å². The Hall–Kier alpha value is -1.21. The zero-order valence-corrected chi connectivity index (χ0v) is 9.76. The highest BCUT2D eigenvalue weighted by Crippen LogP contribution is 2.08. The molecule has 6 nitrogen and oxygen atoms in total. The molecule has 96 valence electrons. The van der Waals surface area contributed by atoms with E-state index < -0.39 is 5.54 Å². The quantitative estimate of drug-likeness (QED) is 0.484. The third-order valence-corrected chi connectivity index (χ3v) is 2.54. The molecule has 0 aromatic carbocycles. The molecule has 1 aromatic rings. The first kappa shape index (κ1) is 13.9. The summed E-state index contributed by atoms with van der Waals surface area (Å²) >= 11 is 0. The number of hydrogen-bond acceptors (Lipinski definition) is 6.